The normalized spacial score (nSPS) is 11.0. The van der Waals surface area contributed by atoms with Crippen LogP contribution in [0.5, 0.6) is 5.75 Å². The first kappa shape index (κ1) is 17.1. The molecule has 0 atom stereocenters. The number of carbonyl (C=O) groups is 1. The maximum atomic E-state index is 12.0. The third-order valence-electron chi connectivity index (χ3n) is 3.45. The molecule has 1 amide bonds. The van der Waals surface area contributed by atoms with Crippen molar-refractivity contribution in [1.82, 2.24) is 0 Å². The topological polar surface area (TPSA) is 38.3 Å². The van der Waals surface area contributed by atoms with Gasteiger partial charge in [-0.3, -0.25) is 4.79 Å². The molecule has 3 nitrogen and oxygen atoms in total. The number of rotatable bonds is 5. The van der Waals surface area contributed by atoms with Crippen LogP contribution in [0.2, 0.25) is 5.02 Å². The van der Waals surface area contributed by atoms with Crippen LogP contribution in [0.3, 0.4) is 0 Å². The Morgan fingerprint density at radius 3 is 2.48 bits per heavy atom. The number of ether oxygens (including phenoxy) is 1. The van der Waals surface area contributed by atoms with E-state index in [1.54, 1.807) is 31.4 Å². The molecule has 0 aromatic heterocycles. The van der Waals surface area contributed by atoms with Gasteiger partial charge in [0.2, 0.25) is 5.91 Å². The van der Waals surface area contributed by atoms with Crippen LogP contribution in [-0.2, 0) is 4.79 Å². The molecule has 0 unspecified atom stereocenters. The number of carbonyl (C=O) groups excluding carboxylic acids is 1. The van der Waals surface area contributed by atoms with E-state index in [-0.39, 0.29) is 5.91 Å². The van der Waals surface area contributed by atoms with Crippen molar-refractivity contribution in [3.63, 3.8) is 0 Å². The minimum atomic E-state index is -0.237. The van der Waals surface area contributed by atoms with Crippen molar-refractivity contribution in [1.29, 1.82) is 0 Å². The Morgan fingerprint density at radius 2 is 1.87 bits per heavy atom. The lowest BCUT2D eigenvalue weighted by molar-refractivity contribution is -0.111. The summed E-state index contributed by atoms with van der Waals surface area (Å²) in [6.07, 6.45) is 3.27. The molecule has 4 heteroatoms. The van der Waals surface area contributed by atoms with Gasteiger partial charge >= 0.3 is 0 Å². The highest BCUT2D eigenvalue weighted by Gasteiger charge is 2.06. The second-order valence-corrected chi connectivity index (χ2v) is 5.92. The van der Waals surface area contributed by atoms with E-state index in [0.717, 1.165) is 5.56 Å². The largest absolute Gasteiger partial charge is 0.495 e. The number of nitrogens with one attached hydrogen (secondary N) is 1. The van der Waals surface area contributed by atoms with E-state index in [4.69, 9.17) is 16.3 Å². The molecule has 2 aromatic rings. The van der Waals surface area contributed by atoms with Crippen molar-refractivity contribution < 1.29 is 9.53 Å². The van der Waals surface area contributed by atoms with Gasteiger partial charge in [-0.15, -0.1) is 0 Å². The lowest BCUT2D eigenvalue weighted by Gasteiger charge is -2.09. The summed E-state index contributed by atoms with van der Waals surface area (Å²) in [6, 6.07) is 13.2. The van der Waals surface area contributed by atoms with Crippen molar-refractivity contribution in [3.8, 4) is 5.75 Å². The highest BCUT2D eigenvalue weighted by Crippen LogP contribution is 2.27. The summed E-state index contributed by atoms with van der Waals surface area (Å²) in [5.74, 6) is 0.822. The van der Waals surface area contributed by atoms with Gasteiger partial charge in [0, 0.05) is 11.1 Å². The smallest absolute Gasteiger partial charge is 0.248 e. The van der Waals surface area contributed by atoms with Gasteiger partial charge in [-0.25, -0.2) is 0 Å². The standard InChI is InChI=1S/C19H20ClNO2/c1-13(2)15-7-4-14(5-8-15)6-11-19(22)21-17-12-16(20)9-10-18(17)23-3/h4-13H,1-3H3,(H,21,22)/b11-6+. The molecule has 0 aliphatic carbocycles. The number of amides is 1. The number of anilines is 1. The van der Waals surface area contributed by atoms with E-state index < -0.39 is 0 Å². The second-order valence-electron chi connectivity index (χ2n) is 5.49. The molecule has 2 aromatic carbocycles. The van der Waals surface area contributed by atoms with Crippen LogP contribution in [0.15, 0.2) is 48.5 Å². The molecule has 0 fully saturated rings. The molecule has 0 bridgehead atoms. The molecule has 0 aliphatic heterocycles. The quantitative estimate of drug-likeness (QED) is 0.773. The Labute approximate surface area is 141 Å². The monoisotopic (exact) mass is 329 g/mol. The van der Waals surface area contributed by atoms with Crippen molar-refractivity contribution in [2.24, 2.45) is 0 Å². The zero-order valence-electron chi connectivity index (χ0n) is 13.5. The van der Waals surface area contributed by atoms with Crippen LogP contribution in [0.1, 0.15) is 30.9 Å². The molecule has 0 aliphatic rings. The molecule has 0 saturated heterocycles. The number of hydrogen-bond donors (Lipinski definition) is 1. The van der Waals surface area contributed by atoms with Gasteiger partial charge in [0.1, 0.15) is 5.75 Å². The van der Waals surface area contributed by atoms with Crippen molar-refractivity contribution >= 4 is 29.3 Å². The molecule has 0 saturated carbocycles. The molecule has 23 heavy (non-hydrogen) atoms. The van der Waals surface area contributed by atoms with E-state index >= 15 is 0 Å². The molecule has 0 radical (unpaired) electrons. The predicted octanol–water partition coefficient (Wildman–Crippen LogP) is 5.12. The van der Waals surface area contributed by atoms with Crippen molar-refractivity contribution in [2.75, 3.05) is 12.4 Å². The SMILES string of the molecule is COc1ccc(Cl)cc1NC(=O)/C=C/c1ccc(C(C)C)cc1. The van der Waals surface area contributed by atoms with Gasteiger partial charge in [0.05, 0.1) is 12.8 Å². The van der Waals surface area contributed by atoms with E-state index in [1.807, 2.05) is 12.1 Å². The maximum Gasteiger partial charge on any atom is 0.248 e. The summed E-state index contributed by atoms with van der Waals surface area (Å²) < 4.78 is 5.20. The molecule has 2 rings (SSSR count). The van der Waals surface area contributed by atoms with Crippen LogP contribution in [0.25, 0.3) is 6.08 Å². The van der Waals surface area contributed by atoms with Gasteiger partial charge in [0.15, 0.2) is 0 Å². The Kier molecular flexibility index (Phi) is 5.83. The molecule has 0 spiro atoms. The molecule has 1 N–H and O–H groups in total. The Hall–Kier alpha value is -2.26. The van der Waals surface area contributed by atoms with Crippen molar-refractivity contribution in [3.05, 3.63) is 64.7 Å². The minimum Gasteiger partial charge on any atom is -0.495 e. The van der Waals surface area contributed by atoms with Gasteiger partial charge in [0.25, 0.3) is 0 Å². The average Bonchev–Trinajstić information content (AvgIpc) is 2.53. The summed E-state index contributed by atoms with van der Waals surface area (Å²) in [6.45, 7) is 4.30. The first-order valence-corrected chi connectivity index (χ1v) is 7.80. The zero-order valence-corrected chi connectivity index (χ0v) is 14.2. The minimum absolute atomic E-state index is 0.237. The van der Waals surface area contributed by atoms with Gasteiger partial charge in [-0.1, -0.05) is 49.7 Å². The number of hydrogen-bond acceptors (Lipinski definition) is 2. The van der Waals surface area contributed by atoms with Gasteiger partial charge in [-0.2, -0.15) is 0 Å². The molecular weight excluding hydrogens is 310 g/mol. The first-order valence-electron chi connectivity index (χ1n) is 7.42. The highest BCUT2D eigenvalue weighted by atomic mass is 35.5. The van der Waals surface area contributed by atoms with E-state index in [9.17, 15) is 4.79 Å². The average molecular weight is 330 g/mol. The molecule has 120 valence electrons. The summed E-state index contributed by atoms with van der Waals surface area (Å²) in [5, 5.41) is 3.30. The van der Waals surface area contributed by atoms with Gasteiger partial charge < -0.3 is 10.1 Å². The number of methoxy groups -OCH3 is 1. The fourth-order valence-corrected chi connectivity index (χ4v) is 2.29. The summed E-state index contributed by atoms with van der Waals surface area (Å²) in [7, 11) is 1.55. The van der Waals surface area contributed by atoms with Crippen LogP contribution >= 0.6 is 11.6 Å². The van der Waals surface area contributed by atoms with E-state index in [0.29, 0.717) is 22.4 Å². The fourth-order valence-electron chi connectivity index (χ4n) is 2.12. The zero-order chi connectivity index (χ0) is 16.8. The molecule has 0 heterocycles. The van der Waals surface area contributed by atoms with Crippen LogP contribution < -0.4 is 10.1 Å². The highest BCUT2D eigenvalue weighted by molar-refractivity contribution is 6.31. The maximum absolute atomic E-state index is 12.0. The predicted molar refractivity (Wildman–Crippen MR) is 96.2 cm³/mol. The summed E-state index contributed by atoms with van der Waals surface area (Å²) in [4.78, 5) is 12.0. The lowest BCUT2D eigenvalue weighted by atomic mass is 10.0. The molecular formula is C19H20ClNO2. The van der Waals surface area contributed by atoms with E-state index in [2.05, 4.69) is 31.3 Å². The lowest BCUT2D eigenvalue weighted by Crippen LogP contribution is -2.08. The van der Waals surface area contributed by atoms with E-state index in [1.165, 1.54) is 11.6 Å². The number of halogens is 1. The fraction of sp³-hybridized carbons (Fsp3) is 0.211. The Morgan fingerprint density at radius 1 is 1.17 bits per heavy atom. The summed E-state index contributed by atoms with van der Waals surface area (Å²) in [5.41, 5.74) is 2.79. The van der Waals surface area contributed by atoms with Crippen molar-refractivity contribution in [2.45, 2.75) is 19.8 Å². The van der Waals surface area contributed by atoms with Crippen LogP contribution in [0, 0.1) is 0 Å². The second kappa shape index (κ2) is 7.84. The Bertz CT molecular complexity index is 706. The summed E-state index contributed by atoms with van der Waals surface area (Å²) >= 11 is 5.95. The first-order chi connectivity index (χ1) is 11.0. The number of benzene rings is 2. The third-order valence-corrected chi connectivity index (χ3v) is 3.68. The van der Waals surface area contributed by atoms with Gasteiger partial charge in [-0.05, 0) is 41.3 Å². The van der Waals surface area contributed by atoms with Crippen LogP contribution in [-0.4, -0.2) is 13.0 Å². The third kappa shape index (κ3) is 4.86. The van der Waals surface area contributed by atoms with Crippen LogP contribution in [0.4, 0.5) is 5.69 Å². The Balaban J connectivity index is 2.05.